The molecule has 0 saturated heterocycles. The summed E-state index contributed by atoms with van der Waals surface area (Å²) < 4.78 is 33.0. The predicted molar refractivity (Wildman–Crippen MR) is 106 cm³/mol. The molecule has 1 aliphatic heterocycles. The van der Waals surface area contributed by atoms with Crippen LogP contribution in [-0.2, 0) is 33.9 Å². The number of ketones is 1. The van der Waals surface area contributed by atoms with Gasteiger partial charge in [-0.15, -0.1) is 0 Å². The summed E-state index contributed by atoms with van der Waals surface area (Å²) in [6.45, 7) is 0. The Labute approximate surface area is 171 Å². The first-order valence-electron chi connectivity index (χ1n) is 8.13. The lowest BCUT2D eigenvalue weighted by molar-refractivity contribution is -0.126. The summed E-state index contributed by atoms with van der Waals surface area (Å²) in [7, 11) is 12.8. The fourth-order valence-corrected chi connectivity index (χ4v) is 3.60. The summed E-state index contributed by atoms with van der Waals surface area (Å²) >= 11 is 0. The molecule has 1 heterocycles. The Kier molecular flexibility index (Phi) is 5.01. The van der Waals surface area contributed by atoms with E-state index in [2.05, 4.69) is 0 Å². The standard InChI is InChI=1S/C18H11B3N2O5S/c19-17(13-8-4-5-11(9-13)10-22)15(24)14(16(23)27-17)28-29(25,26)18(20,21)12-6-2-1-3-7-12/h1-9H,23H2/t17-/m0/s1. The fraction of sp³-hybridized carbons (Fsp3) is 0.111. The number of hydrogen-bond donors (Lipinski definition) is 1. The van der Waals surface area contributed by atoms with Crippen molar-refractivity contribution in [1.82, 2.24) is 0 Å². The minimum atomic E-state index is -4.80. The molecule has 1 aliphatic rings. The molecule has 2 aromatic carbocycles. The summed E-state index contributed by atoms with van der Waals surface area (Å²) in [4.78, 5) is 12.8. The molecule has 6 radical (unpaired) electrons. The molecular weight excluding hydrogens is 389 g/mol. The number of hydrogen-bond acceptors (Lipinski definition) is 7. The van der Waals surface area contributed by atoms with Gasteiger partial charge in [-0.1, -0.05) is 42.5 Å². The molecule has 11 heteroatoms. The quantitative estimate of drug-likeness (QED) is 0.559. The lowest BCUT2D eigenvalue weighted by Gasteiger charge is -2.26. The van der Waals surface area contributed by atoms with Crippen molar-refractivity contribution in [3.8, 4) is 6.07 Å². The maximum Gasteiger partial charge on any atom is 0.302 e. The Morgan fingerprint density at radius 2 is 1.79 bits per heavy atom. The van der Waals surface area contributed by atoms with Gasteiger partial charge in [0.2, 0.25) is 17.4 Å². The van der Waals surface area contributed by atoms with E-state index in [0.717, 1.165) is 0 Å². The molecule has 0 aromatic heterocycles. The number of rotatable bonds is 5. The van der Waals surface area contributed by atoms with Crippen molar-refractivity contribution in [2.45, 2.75) is 10.0 Å². The van der Waals surface area contributed by atoms with Gasteiger partial charge < -0.3 is 14.7 Å². The van der Waals surface area contributed by atoms with Crippen LogP contribution in [0, 0.1) is 11.3 Å². The Balaban J connectivity index is 1.95. The summed E-state index contributed by atoms with van der Waals surface area (Å²) in [6.07, 6.45) is 0. The van der Waals surface area contributed by atoms with Gasteiger partial charge in [0.25, 0.3) is 0 Å². The van der Waals surface area contributed by atoms with Crippen LogP contribution in [0.5, 0.6) is 0 Å². The molecule has 1 atom stereocenters. The normalized spacial score (nSPS) is 19.5. The molecule has 0 spiro atoms. The first-order chi connectivity index (χ1) is 13.5. The number of carbonyl (C=O) groups is 1. The van der Waals surface area contributed by atoms with E-state index in [1.54, 1.807) is 6.07 Å². The van der Waals surface area contributed by atoms with Crippen molar-refractivity contribution in [2.24, 2.45) is 5.73 Å². The second-order valence-corrected chi connectivity index (χ2v) is 8.00. The molecule has 7 nitrogen and oxygen atoms in total. The average Bonchev–Trinajstić information content (AvgIpc) is 2.92. The van der Waals surface area contributed by atoms with E-state index in [9.17, 15) is 13.2 Å². The minimum absolute atomic E-state index is 0.0197. The fourth-order valence-electron chi connectivity index (χ4n) is 2.66. The molecule has 0 amide bonds. The first-order valence-corrected chi connectivity index (χ1v) is 9.54. The second kappa shape index (κ2) is 7.05. The highest BCUT2D eigenvalue weighted by molar-refractivity contribution is 7.90. The summed E-state index contributed by atoms with van der Waals surface area (Å²) in [5, 5.41) is 9.03. The Bertz CT molecular complexity index is 1160. The smallest absolute Gasteiger partial charge is 0.302 e. The highest BCUT2D eigenvalue weighted by Crippen LogP contribution is 2.38. The van der Waals surface area contributed by atoms with Gasteiger partial charge >= 0.3 is 10.1 Å². The lowest BCUT2D eigenvalue weighted by Crippen LogP contribution is -2.40. The first kappa shape index (κ1) is 20.6. The number of nitriles is 1. The highest BCUT2D eigenvalue weighted by Gasteiger charge is 2.50. The summed E-state index contributed by atoms with van der Waals surface area (Å²) in [6, 6.07) is 15.1. The number of benzene rings is 2. The average molecular weight is 400 g/mol. The van der Waals surface area contributed by atoms with Crippen molar-refractivity contribution < 1.29 is 22.1 Å². The molecule has 0 unspecified atom stereocenters. The Morgan fingerprint density at radius 3 is 2.41 bits per heavy atom. The van der Waals surface area contributed by atoms with Crippen LogP contribution in [0.3, 0.4) is 0 Å². The van der Waals surface area contributed by atoms with Crippen LogP contribution >= 0.6 is 0 Å². The van der Waals surface area contributed by atoms with Gasteiger partial charge in [0.15, 0.2) is 5.50 Å². The van der Waals surface area contributed by atoms with Crippen LogP contribution in [0.25, 0.3) is 0 Å². The van der Waals surface area contributed by atoms with E-state index in [1.807, 2.05) is 6.07 Å². The molecule has 0 saturated carbocycles. The van der Waals surface area contributed by atoms with Crippen LogP contribution < -0.4 is 5.73 Å². The van der Waals surface area contributed by atoms with E-state index in [-0.39, 0.29) is 16.7 Å². The van der Waals surface area contributed by atoms with Gasteiger partial charge in [0.1, 0.15) is 7.85 Å². The van der Waals surface area contributed by atoms with E-state index < -0.39 is 37.6 Å². The molecule has 0 bridgehead atoms. The molecular formula is C18H11B3N2O5S. The number of carbonyl (C=O) groups excluding carboxylic acids is 1. The molecule has 0 aliphatic carbocycles. The second-order valence-electron chi connectivity index (χ2n) is 6.25. The Morgan fingerprint density at radius 1 is 1.14 bits per heavy atom. The molecule has 138 valence electrons. The summed E-state index contributed by atoms with van der Waals surface area (Å²) in [5.74, 6) is -2.59. The van der Waals surface area contributed by atoms with Crippen molar-refractivity contribution in [1.29, 1.82) is 5.26 Å². The van der Waals surface area contributed by atoms with Crippen molar-refractivity contribution in [3.63, 3.8) is 0 Å². The number of nitrogens with zero attached hydrogens (tertiary/aromatic N) is 1. The SMILES string of the molecule is [B]C([B])(c1ccccc1)S(=O)(=O)OC1=C(N)O[C@@]([B])(c2cccc(C#N)c2)C1=O. The van der Waals surface area contributed by atoms with E-state index >= 15 is 0 Å². The Hall–Kier alpha value is -3.12. The largest absolute Gasteiger partial charge is 0.467 e. The van der Waals surface area contributed by atoms with Gasteiger partial charge in [-0.05, 0) is 23.3 Å². The highest BCUT2D eigenvalue weighted by atomic mass is 32.2. The minimum Gasteiger partial charge on any atom is -0.467 e. The van der Waals surface area contributed by atoms with Gasteiger partial charge in [0, 0.05) is 0 Å². The van der Waals surface area contributed by atoms with E-state index in [1.165, 1.54) is 48.5 Å². The van der Waals surface area contributed by atoms with Gasteiger partial charge in [-0.3, -0.25) is 4.79 Å². The van der Waals surface area contributed by atoms with Crippen molar-refractivity contribution >= 4 is 39.4 Å². The van der Waals surface area contributed by atoms with Crippen LogP contribution in [0.2, 0.25) is 0 Å². The maximum atomic E-state index is 12.8. The third-order valence-electron chi connectivity index (χ3n) is 4.29. The number of nitrogens with two attached hydrogens (primary N) is 1. The maximum absolute atomic E-state index is 12.8. The molecule has 3 rings (SSSR count). The van der Waals surface area contributed by atoms with Gasteiger partial charge in [0.05, 0.1) is 31.9 Å². The van der Waals surface area contributed by atoms with E-state index in [4.69, 9.17) is 43.5 Å². The van der Waals surface area contributed by atoms with Crippen molar-refractivity contribution in [3.05, 3.63) is 82.9 Å². The zero-order valence-corrected chi connectivity index (χ0v) is 15.7. The van der Waals surface area contributed by atoms with Crippen LogP contribution in [0.1, 0.15) is 16.7 Å². The topological polar surface area (TPSA) is 119 Å². The van der Waals surface area contributed by atoms with Crippen molar-refractivity contribution in [2.75, 3.05) is 0 Å². The zero-order valence-electron chi connectivity index (χ0n) is 14.9. The van der Waals surface area contributed by atoms with Crippen LogP contribution in [-0.4, -0.2) is 37.7 Å². The third kappa shape index (κ3) is 3.40. The zero-order chi connectivity index (χ0) is 21.4. The van der Waals surface area contributed by atoms with Crippen LogP contribution in [0.15, 0.2) is 66.2 Å². The lowest BCUT2D eigenvalue weighted by atomic mass is 9.65. The monoisotopic (exact) mass is 400 g/mol. The molecule has 2 N–H and O–H groups in total. The van der Waals surface area contributed by atoms with Crippen LogP contribution in [0.4, 0.5) is 0 Å². The molecule has 0 fully saturated rings. The summed E-state index contributed by atoms with van der Waals surface area (Å²) in [5.41, 5.74) is 3.79. The van der Waals surface area contributed by atoms with Gasteiger partial charge in [-0.2, -0.15) is 13.7 Å². The van der Waals surface area contributed by atoms with E-state index in [0.29, 0.717) is 0 Å². The third-order valence-corrected chi connectivity index (χ3v) is 5.74. The number of ether oxygens (including phenoxy) is 1. The molecule has 2 aromatic rings. The molecule has 29 heavy (non-hydrogen) atoms. The predicted octanol–water partition coefficient (Wildman–Crippen LogP) is 0.101. The number of Topliss-reactive ketones (excluding diaryl/α,β-unsaturated/α-hetero) is 1. The van der Waals surface area contributed by atoms with Gasteiger partial charge in [-0.25, -0.2) is 0 Å².